The summed E-state index contributed by atoms with van der Waals surface area (Å²) in [4.78, 5) is 21.7. The molecular weight excluding hydrogens is 409 g/mol. The lowest BCUT2D eigenvalue weighted by Gasteiger charge is -2.32. The van der Waals surface area contributed by atoms with E-state index in [9.17, 15) is 9.18 Å². The van der Waals surface area contributed by atoms with Crippen LogP contribution in [0.25, 0.3) is 22.0 Å². The zero-order valence-electron chi connectivity index (χ0n) is 18.9. The highest BCUT2D eigenvalue weighted by Gasteiger charge is 2.22. The minimum Gasteiger partial charge on any atom is -0.497 e. The Balaban J connectivity index is 1.88. The molecule has 170 valence electrons. The lowest BCUT2D eigenvalue weighted by atomic mass is 9.99. The summed E-state index contributed by atoms with van der Waals surface area (Å²) >= 11 is 0. The van der Waals surface area contributed by atoms with Gasteiger partial charge in [0.05, 0.1) is 30.2 Å². The van der Waals surface area contributed by atoms with Crippen LogP contribution in [0.3, 0.4) is 0 Å². The van der Waals surface area contributed by atoms with Gasteiger partial charge in [0.25, 0.3) is 0 Å². The molecule has 32 heavy (non-hydrogen) atoms. The molecule has 0 amide bonds. The van der Waals surface area contributed by atoms with E-state index in [1.165, 1.54) is 6.07 Å². The van der Waals surface area contributed by atoms with Crippen LogP contribution in [-0.2, 0) is 6.54 Å². The third kappa shape index (κ3) is 4.49. The maximum Gasteiger partial charge on any atom is 0.200 e. The topological polar surface area (TPSA) is 57.8 Å². The largest absolute Gasteiger partial charge is 0.497 e. The van der Waals surface area contributed by atoms with Gasteiger partial charge >= 0.3 is 0 Å². The molecule has 6 nitrogen and oxygen atoms in total. The number of benzene rings is 2. The molecule has 7 heteroatoms. The van der Waals surface area contributed by atoms with Crippen molar-refractivity contribution in [2.24, 2.45) is 0 Å². The third-order valence-corrected chi connectivity index (χ3v) is 5.97. The molecule has 0 spiro atoms. The molecule has 1 aliphatic heterocycles. The van der Waals surface area contributed by atoms with Crippen LogP contribution in [0, 0.1) is 5.82 Å². The summed E-state index contributed by atoms with van der Waals surface area (Å²) < 4.78 is 26.0. The van der Waals surface area contributed by atoms with Gasteiger partial charge in [-0.1, -0.05) is 19.1 Å². The molecule has 3 aromatic rings. The summed E-state index contributed by atoms with van der Waals surface area (Å²) in [5.41, 5.74) is 2.09. The number of pyridine rings is 1. The molecular formula is C25H30FN3O3. The third-order valence-electron chi connectivity index (χ3n) is 5.97. The van der Waals surface area contributed by atoms with Crippen LogP contribution in [0.4, 0.5) is 4.39 Å². The number of aromatic amines is 1. The van der Waals surface area contributed by atoms with E-state index in [1.807, 2.05) is 31.2 Å². The number of hydrogen-bond donors (Lipinski definition) is 1. The quantitative estimate of drug-likeness (QED) is 0.606. The minimum absolute atomic E-state index is 0.0338. The summed E-state index contributed by atoms with van der Waals surface area (Å²) in [6, 6.07) is 10.2. The van der Waals surface area contributed by atoms with Crippen molar-refractivity contribution >= 4 is 10.9 Å². The lowest BCUT2D eigenvalue weighted by Crippen LogP contribution is -2.44. The smallest absolute Gasteiger partial charge is 0.200 e. The molecule has 2 aromatic carbocycles. The molecule has 1 aliphatic rings. The number of nitrogens with zero attached hydrogens (tertiary/aromatic N) is 2. The van der Waals surface area contributed by atoms with Gasteiger partial charge in [-0.05, 0) is 43.3 Å². The highest BCUT2D eigenvalue weighted by Crippen LogP contribution is 2.30. The van der Waals surface area contributed by atoms with Crippen LogP contribution in [0.15, 0.2) is 41.2 Å². The van der Waals surface area contributed by atoms with Crippen LogP contribution >= 0.6 is 0 Å². The monoisotopic (exact) mass is 439 g/mol. The van der Waals surface area contributed by atoms with Gasteiger partial charge in [0.15, 0.2) is 0 Å². The van der Waals surface area contributed by atoms with Gasteiger partial charge in [-0.15, -0.1) is 0 Å². The summed E-state index contributed by atoms with van der Waals surface area (Å²) in [6.07, 6.45) is 0.821. The summed E-state index contributed by atoms with van der Waals surface area (Å²) in [5, 5.41) is 0.0338. The first-order valence-electron chi connectivity index (χ1n) is 11.1. The Morgan fingerprint density at radius 2 is 1.78 bits per heavy atom. The second-order valence-electron chi connectivity index (χ2n) is 8.26. The van der Waals surface area contributed by atoms with Crippen LogP contribution in [-0.4, -0.2) is 61.7 Å². The molecule has 0 bridgehead atoms. The van der Waals surface area contributed by atoms with E-state index in [0.717, 1.165) is 43.9 Å². The Bertz CT molecular complexity index is 1140. The van der Waals surface area contributed by atoms with Gasteiger partial charge in [0.1, 0.15) is 17.3 Å². The summed E-state index contributed by atoms with van der Waals surface area (Å²) in [5.74, 6) is 0.653. The Kier molecular flexibility index (Phi) is 6.77. The molecule has 0 unspecified atom stereocenters. The van der Waals surface area contributed by atoms with Crippen molar-refractivity contribution in [1.82, 2.24) is 14.8 Å². The molecule has 2 heterocycles. The van der Waals surface area contributed by atoms with Crippen molar-refractivity contribution < 1.29 is 13.9 Å². The normalized spacial score (nSPS) is 15.2. The number of nitrogens with one attached hydrogen (secondary N) is 1. The predicted molar refractivity (Wildman–Crippen MR) is 125 cm³/mol. The Hall–Kier alpha value is -2.90. The van der Waals surface area contributed by atoms with Gasteiger partial charge in [-0.2, -0.15) is 0 Å². The Morgan fingerprint density at radius 3 is 2.44 bits per heavy atom. The fraction of sp³-hybridized carbons (Fsp3) is 0.400. The second kappa shape index (κ2) is 9.71. The van der Waals surface area contributed by atoms with E-state index in [-0.39, 0.29) is 10.8 Å². The SMILES string of the molecule is CCCOc1ccc(F)c2c(=O)c(-c3ccc(OC)cc3)c(CN3CCN(C)CC3)[nH]c12. The Labute approximate surface area is 187 Å². The average molecular weight is 440 g/mol. The molecule has 1 aromatic heterocycles. The summed E-state index contributed by atoms with van der Waals surface area (Å²) in [7, 11) is 3.71. The Morgan fingerprint density at radius 1 is 1.06 bits per heavy atom. The van der Waals surface area contributed by atoms with Crippen LogP contribution in [0.5, 0.6) is 11.5 Å². The number of halogens is 1. The highest BCUT2D eigenvalue weighted by molar-refractivity contribution is 5.89. The van der Waals surface area contributed by atoms with E-state index < -0.39 is 5.82 Å². The van der Waals surface area contributed by atoms with E-state index in [0.29, 0.717) is 35.7 Å². The van der Waals surface area contributed by atoms with Gasteiger partial charge in [-0.25, -0.2) is 4.39 Å². The van der Waals surface area contributed by atoms with E-state index in [1.54, 1.807) is 13.2 Å². The average Bonchev–Trinajstić information content (AvgIpc) is 2.80. The van der Waals surface area contributed by atoms with Crippen LogP contribution in [0.1, 0.15) is 19.0 Å². The molecule has 1 N–H and O–H groups in total. The number of aromatic nitrogens is 1. The number of fused-ring (bicyclic) bond motifs is 1. The first kappa shape index (κ1) is 22.3. The van der Waals surface area contributed by atoms with Gasteiger partial charge in [0.2, 0.25) is 5.43 Å². The maximum atomic E-state index is 14.9. The van der Waals surface area contributed by atoms with E-state index in [2.05, 4.69) is 21.8 Å². The molecule has 4 rings (SSSR count). The van der Waals surface area contributed by atoms with Crippen LogP contribution in [0.2, 0.25) is 0 Å². The maximum absolute atomic E-state index is 14.9. The van der Waals surface area contributed by atoms with E-state index >= 15 is 0 Å². The van der Waals surface area contributed by atoms with E-state index in [4.69, 9.17) is 9.47 Å². The number of piperazine rings is 1. The van der Waals surface area contributed by atoms with Crippen molar-refractivity contribution in [3.8, 4) is 22.6 Å². The fourth-order valence-corrected chi connectivity index (χ4v) is 4.12. The van der Waals surface area contributed by atoms with Crippen molar-refractivity contribution in [3.05, 3.63) is 58.1 Å². The van der Waals surface area contributed by atoms with Crippen molar-refractivity contribution in [2.45, 2.75) is 19.9 Å². The predicted octanol–water partition coefficient (Wildman–Crippen LogP) is 3.88. The lowest BCUT2D eigenvalue weighted by molar-refractivity contribution is 0.147. The molecule has 0 atom stereocenters. The van der Waals surface area contributed by atoms with Gasteiger partial charge in [-0.3, -0.25) is 9.69 Å². The molecule has 1 saturated heterocycles. The summed E-state index contributed by atoms with van der Waals surface area (Å²) in [6.45, 7) is 6.82. The minimum atomic E-state index is -0.550. The number of H-pyrrole nitrogens is 1. The van der Waals surface area contributed by atoms with Gasteiger partial charge < -0.3 is 19.4 Å². The first-order valence-corrected chi connectivity index (χ1v) is 11.1. The molecule has 0 saturated carbocycles. The highest BCUT2D eigenvalue weighted by atomic mass is 19.1. The van der Waals surface area contributed by atoms with Crippen molar-refractivity contribution in [2.75, 3.05) is 46.9 Å². The standard InChI is InChI=1S/C25H30FN3O3/c1-4-15-32-21-10-9-19(26)23-24(21)27-20(16-29-13-11-28(2)12-14-29)22(25(23)30)17-5-7-18(31-3)8-6-17/h5-10H,4,11-16H2,1-3H3,(H,27,30). The molecule has 1 fully saturated rings. The van der Waals surface area contributed by atoms with Crippen molar-refractivity contribution in [1.29, 1.82) is 0 Å². The zero-order chi connectivity index (χ0) is 22.7. The molecule has 0 aliphatic carbocycles. The molecule has 0 radical (unpaired) electrons. The number of likely N-dealkylation sites (N-methyl/N-ethyl adjacent to an activating group) is 1. The first-order chi connectivity index (χ1) is 15.5. The number of ether oxygens (including phenoxy) is 2. The number of methoxy groups -OCH3 is 1. The van der Waals surface area contributed by atoms with Gasteiger partial charge in [0, 0.05) is 38.4 Å². The van der Waals surface area contributed by atoms with Crippen molar-refractivity contribution in [3.63, 3.8) is 0 Å². The van der Waals surface area contributed by atoms with Crippen LogP contribution < -0.4 is 14.9 Å². The number of hydrogen-bond acceptors (Lipinski definition) is 5. The second-order valence-corrected chi connectivity index (χ2v) is 8.26. The zero-order valence-corrected chi connectivity index (χ0v) is 18.9. The fourth-order valence-electron chi connectivity index (χ4n) is 4.12. The number of rotatable bonds is 7.